The second-order valence-electron chi connectivity index (χ2n) is 4.65. The largest absolute Gasteiger partial charge is 0.496 e. The highest BCUT2D eigenvalue weighted by Crippen LogP contribution is 2.33. The first-order valence-electron chi connectivity index (χ1n) is 6.07. The van der Waals surface area contributed by atoms with E-state index in [0.717, 1.165) is 26.9 Å². The van der Waals surface area contributed by atoms with E-state index in [-0.39, 0.29) is 5.38 Å². The van der Waals surface area contributed by atoms with Gasteiger partial charge in [0, 0.05) is 4.47 Å². The first-order valence-corrected chi connectivity index (χ1v) is 7.30. The Morgan fingerprint density at radius 1 is 1.05 bits per heavy atom. The molecule has 19 heavy (non-hydrogen) atoms. The second-order valence-corrected chi connectivity index (χ2v) is 6.01. The number of hydrogen-bond donors (Lipinski definition) is 0. The summed E-state index contributed by atoms with van der Waals surface area (Å²) in [5.41, 5.74) is 4.47. The summed E-state index contributed by atoms with van der Waals surface area (Å²) in [7, 11) is 1.68. The Labute approximate surface area is 127 Å². The SMILES string of the molecule is COc1ccc(C(Cl)c2cc(C)cc(Br)c2)cc1C. The van der Waals surface area contributed by atoms with Gasteiger partial charge in [-0.3, -0.25) is 0 Å². The Hall–Kier alpha value is -0.990. The van der Waals surface area contributed by atoms with Crippen LogP contribution in [0, 0.1) is 13.8 Å². The molecule has 100 valence electrons. The van der Waals surface area contributed by atoms with Crippen LogP contribution in [-0.2, 0) is 0 Å². The van der Waals surface area contributed by atoms with Crippen molar-refractivity contribution in [3.8, 4) is 5.75 Å². The number of benzene rings is 2. The van der Waals surface area contributed by atoms with Gasteiger partial charge in [0.25, 0.3) is 0 Å². The predicted molar refractivity (Wildman–Crippen MR) is 84.3 cm³/mol. The molecule has 0 saturated heterocycles. The van der Waals surface area contributed by atoms with E-state index in [0.29, 0.717) is 0 Å². The topological polar surface area (TPSA) is 9.23 Å². The minimum absolute atomic E-state index is 0.152. The molecule has 0 aliphatic rings. The van der Waals surface area contributed by atoms with E-state index >= 15 is 0 Å². The molecule has 2 rings (SSSR count). The van der Waals surface area contributed by atoms with Crippen molar-refractivity contribution in [3.63, 3.8) is 0 Å². The first-order chi connectivity index (χ1) is 9.01. The number of aryl methyl sites for hydroxylation is 2. The molecule has 0 amide bonds. The van der Waals surface area contributed by atoms with Gasteiger partial charge >= 0.3 is 0 Å². The van der Waals surface area contributed by atoms with Crippen LogP contribution >= 0.6 is 27.5 Å². The Morgan fingerprint density at radius 2 is 1.79 bits per heavy atom. The zero-order chi connectivity index (χ0) is 14.0. The average molecular weight is 340 g/mol. The van der Waals surface area contributed by atoms with Gasteiger partial charge in [0.2, 0.25) is 0 Å². The Morgan fingerprint density at radius 3 is 2.37 bits per heavy atom. The summed E-state index contributed by atoms with van der Waals surface area (Å²) < 4.78 is 6.33. The zero-order valence-corrected chi connectivity index (χ0v) is 13.5. The van der Waals surface area contributed by atoms with Crippen LogP contribution < -0.4 is 4.74 Å². The minimum Gasteiger partial charge on any atom is -0.496 e. The molecule has 1 nitrogen and oxygen atoms in total. The van der Waals surface area contributed by atoms with Crippen LogP contribution in [0.15, 0.2) is 40.9 Å². The number of ether oxygens (including phenoxy) is 1. The molecular formula is C16H16BrClO. The van der Waals surface area contributed by atoms with Gasteiger partial charge in [-0.15, -0.1) is 11.6 Å². The normalized spacial score (nSPS) is 12.3. The predicted octanol–water partition coefficient (Wildman–Crippen LogP) is 5.40. The molecule has 0 aliphatic carbocycles. The van der Waals surface area contributed by atoms with E-state index in [4.69, 9.17) is 16.3 Å². The van der Waals surface area contributed by atoms with Crippen molar-refractivity contribution >= 4 is 27.5 Å². The molecule has 0 N–H and O–H groups in total. The van der Waals surface area contributed by atoms with Gasteiger partial charge in [-0.05, 0) is 54.3 Å². The maximum atomic E-state index is 6.58. The van der Waals surface area contributed by atoms with Crippen LogP contribution in [-0.4, -0.2) is 7.11 Å². The van der Waals surface area contributed by atoms with Crippen molar-refractivity contribution in [2.45, 2.75) is 19.2 Å². The van der Waals surface area contributed by atoms with Crippen molar-refractivity contribution in [1.82, 2.24) is 0 Å². The van der Waals surface area contributed by atoms with Crippen molar-refractivity contribution < 1.29 is 4.74 Å². The summed E-state index contributed by atoms with van der Waals surface area (Å²) in [4.78, 5) is 0. The lowest BCUT2D eigenvalue weighted by atomic mass is 10.0. The van der Waals surface area contributed by atoms with E-state index in [9.17, 15) is 0 Å². The summed E-state index contributed by atoms with van der Waals surface area (Å²) >= 11 is 10.1. The third kappa shape index (κ3) is 3.31. The van der Waals surface area contributed by atoms with Crippen LogP contribution in [0.1, 0.15) is 27.6 Å². The molecule has 0 heterocycles. The molecule has 0 aromatic heterocycles. The number of hydrogen-bond acceptors (Lipinski definition) is 1. The lowest BCUT2D eigenvalue weighted by Gasteiger charge is -2.14. The third-order valence-corrected chi connectivity index (χ3v) is 4.03. The standard InChI is InChI=1S/C16H16BrClO/c1-10-6-13(9-14(17)7-10)16(18)12-4-5-15(19-3)11(2)8-12/h4-9,16H,1-3H3. The minimum atomic E-state index is -0.152. The smallest absolute Gasteiger partial charge is 0.121 e. The van der Waals surface area contributed by atoms with Crippen LogP contribution in [0.25, 0.3) is 0 Å². The molecule has 0 radical (unpaired) electrons. The summed E-state index contributed by atoms with van der Waals surface area (Å²) in [6.45, 7) is 4.09. The van der Waals surface area contributed by atoms with E-state index in [1.54, 1.807) is 7.11 Å². The summed E-state index contributed by atoms with van der Waals surface area (Å²) in [6.07, 6.45) is 0. The maximum absolute atomic E-state index is 6.58. The molecule has 0 spiro atoms. The third-order valence-electron chi connectivity index (χ3n) is 3.07. The van der Waals surface area contributed by atoms with Gasteiger partial charge in [0.1, 0.15) is 5.75 Å². The maximum Gasteiger partial charge on any atom is 0.121 e. The van der Waals surface area contributed by atoms with Gasteiger partial charge < -0.3 is 4.74 Å². The molecule has 0 aliphatic heterocycles. The fourth-order valence-corrected chi connectivity index (χ4v) is 3.05. The zero-order valence-electron chi connectivity index (χ0n) is 11.2. The number of alkyl halides is 1. The second kappa shape index (κ2) is 5.98. The first kappa shape index (κ1) is 14.4. The van der Waals surface area contributed by atoms with Gasteiger partial charge in [-0.25, -0.2) is 0 Å². The molecule has 0 saturated carbocycles. The number of methoxy groups -OCH3 is 1. The van der Waals surface area contributed by atoms with Gasteiger partial charge in [0.15, 0.2) is 0 Å². The highest BCUT2D eigenvalue weighted by atomic mass is 79.9. The Bertz CT molecular complexity index is 575. The molecule has 0 bridgehead atoms. The van der Waals surface area contributed by atoms with E-state index < -0.39 is 0 Å². The van der Waals surface area contributed by atoms with E-state index in [2.05, 4.69) is 47.1 Å². The number of rotatable bonds is 3. The Kier molecular flexibility index (Phi) is 4.54. The lowest BCUT2D eigenvalue weighted by molar-refractivity contribution is 0.411. The molecule has 2 aromatic carbocycles. The Balaban J connectivity index is 2.38. The average Bonchev–Trinajstić information content (AvgIpc) is 2.36. The summed E-state index contributed by atoms with van der Waals surface area (Å²) in [5, 5.41) is -0.152. The fraction of sp³-hybridized carbons (Fsp3) is 0.250. The van der Waals surface area contributed by atoms with E-state index in [1.807, 2.05) is 19.1 Å². The van der Waals surface area contributed by atoms with Crippen LogP contribution in [0.3, 0.4) is 0 Å². The molecule has 3 heteroatoms. The molecule has 0 fully saturated rings. The fourth-order valence-electron chi connectivity index (χ4n) is 2.16. The van der Waals surface area contributed by atoms with Crippen LogP contribution in [0.5, 0.6) is 5.75 Å². The van der Waals surface area contributed by atoms with Gasteiger partial charge in [-0.2, -0.15) is 0 Å². The molecular weight excluding hydrogens is 324 g/mol. The summed E-state index contributed by atoms with van der Waals surface area (Å²) in [6, 6.07) is 12.3. The van der Waals surface area contributed by atoms with Crippen LogP contribution in [0.2, 0.25) is 0 Å². The van der Waals surface area contributed by atoms with Crippen molar-refractivity contribution in [2.24, 2.45) is 0 Å². The molecule has 1 unspecified atom stereocenters. The quantitative estimate of drug-likeness (QED) is 0.680. The van der Waals surface area contributed by atoms with Crippen LogP contribution in [0.4, 0.5) is 0 Å². The van der Waals surface area contributed by atoms with Gasteiger partial charge in [-0.1, -0.05) is 34.1 Å². The van der Waals surface area contributed by atoms with Gasteiger partial charge in [0.05, 0.1) is 12.5 Å². The summed E-state index contributed by atoms with van der Waals surface area (Å²) in [5.74, 6) is 0.887. The molecule has 2 aromatic rings. The number of halogens is 2. The highest BCUT2D eigenvalue weighted by Gasteiger charge is 2.13. The highest BCUT2D eigenvalue weighted by molar-refractivity contribution is 9.10. The van der Waals surface area contributed by atoms with E-state index in [1.165, 1.54) is 5.56 Å². The van der Waals surface area contributed by atoms with Crippen molar-refractivity contribution in [2.75, 3.05) is 7.11 Å². The lowest BCUT2D eigenvalue weighted by Crippen LogP contribution is -1.96. The monoisotopic (exact) mass is 338 g/mol. The molecule has 1 atom stereocenters. The van der Waals surface area contributed by atoms with Crippen molar-refractivity contribution in [3.05, 3.63) is 63.1 Å². The van der Waals surface area contributed by atoms with Crippen molar-refractivity contribution in [1.29, 1.82) is 0 Å².